The summed E-state index contributed by atoms with van der Waals surface area (Å²) in [7, 11) is 0. The van der Waals surface area contributed by atoms with Gasteiger partial charge in [-0.15, -0.1) is 0 Å². The number of allylic oxidation sites excluding steroid dienone is 3. The molecule has 1 heterocycles. The summed E-state index contributed by atoms with van der Waals surface area (Å²) < 4.78 is 6.00. The Bertz CT molecular complexity index is 1050. The molecule has 0 fully saturated rings. The van der Waals surface area contributed by atoms with E-state index >= 15 is 0 Å². The van der Waals surface area contributed by atoms with E-state index in [0.717, 1.165) is 17.7 Å². The number of anilines is 1. The highest BCUT2D eigenvalue weighted by atomic mass is 32.1. The number of nitriles is 1. The number of nitrogens with zero attached hydrogens (tertiary/aromatic N) is 1. The van der Waals surface area contributed by atoms with Crippen LogP contribution in [0.1, 0.15) is 30.7 Å². The van der Waals surface area contributed by atoms with Gasteiger partial charge in [0.25, 0.3) is 0 Å². The lowest BCUT2D eigenvalue weighted by molar-refractivity contribution is -0.116. The predicted molar refractivity (Wildman–Crippen MR) is 115 cm³/mol. The van der Waals surface area contributed by atoms with Gasteiger partial charge in [0.15, 0.2) is 10.9 Å². The summed E-state index contributed by atoms with van der Waals surface area (Å²) in [4.78, 5) is 12.7. The van der Waals surface area contributed by atoms with Crippen LogP contribution < -0.4 is 10.6 Å². The minimum atomic E-state index is -0.459. The molecule has 1 aliphatic carbocycles. The summed E-state index contributed by atoms with van der Waals surface area (Å²) in [5.41, 5.74) is 2.65. The van der Waals surface area contributed by atoms with Crippen molar-refractivity contribution >= 4 is 28.8 Å². The van der Waals surface area contributed by atoms with Crippen molar-refractivity contribution in [3.63, 3.8) is 0 Å². The Morgan fingerprint density at radius 1 is 1.03 bits per heavy atom. The summed E-state index contributed by atoms with van der Waals surface area (Å²) >= 11 is 5.41. The quantitative estimate of drug-likeness (QED) is 0.736. The van der Waals surface area contributed by atoms with E-state index in [1.54, 1.807) is 0 Å². The summed E-state index contributed by atoms with van der Waals surface area (Å²) in [6, 6.07) is 21.3. The monoisotopic (exact) mass is 401 g/mol. The van der Waals surface area contributed by atoms with Gasteiger partial charge in [0, 0.05) is 24.1 Å². The molecule has 144 valence electrons. The lowest BCUT2D eigenvalue weighted by atomic mass is 9.77. The van der Waals surface area contributed by atoms with Crippen LogP contribution in [-0.2, 0) is 9.53 Å². The summed E-state index contributed by atoms with van der Waals surface area (Å²) in [5, 5.41) is 16.4. The Morgan fingerprint density at radius 2 is 1.72 bits per heavy atom. The Morgan fingerprint density at radius 3 is 2.41 bits per heavy atom. The molecule has 2 aliphatic rings. The van der Waals surface area contributed by atoms with E-state index in [1.165, 1.54) is 0 Å². The van der Waals surface area contributed by atoms with Gasteiger partial charge in [-0.05, 0) is 36.3 Å². The summed E-state index contributed by atoms with van der Waals surface area (Å²) in [6.07, 6.45) is 1.87. The predicted octanol–water partition coefficient (Wildman–Crippen LogP) is 4.53. The third-order valence-electron chi connectivity index (χ3n) is 4.97. The molecule has 0 saturated heterocycles. The molecule has 1 atom stereocenters. The molecule has 1 aliphatic heterocycles. The second-order valence-corrected chi connectivity index (χ2v) is 7.27. The van der Waals surface area contributed by atoms with Crippen LogP contribution in [0.4, 0.5) is 5.69 Å². The Hall–Kier alpha value is -3.43. The standard InChI is InChI=1S/C23H19N3O2S/c24-14-17-20(15-8-3-1-4-9-15)21-18(27)12-7-13-19(21)28-22(17)26-23(29)25-16-10-5-2-6-11-16/h1-6,8-11,20H,7,12-13H2,(H2,25,26,29). The van der Waals surface area contributed by atoms with Crippen LogP contribution in [0, 0.1) is 11.3 Å². The fourth-order valence-electron chi connectivity index (χ4n) is 3.69. The molecule has 4 rings (SSSR count). The third kappa shape index (κ3) is 3.91. The van der Waals surface area contributed by atoms with Gasteiger partial charge in [0.2, 0.25) is 5.88 Å². The maximum atomic E-state index is 12.7. The molecule has 2 N–H and O–H groups in total. The van der Waals surface area contributed by atoms with Crippen LogP contribution in [0.25, 0.3) is 0 Å². The highest BCUT2D eigenvalue weighted by Gasteiger charge is 2.38. The second-order valence-electron chi connectivity index (χ2n) is 6.86. The number of carbonyl (C=O) groups is 1. The number of Topliss-reactive ketones (excluding diaryl/α,β-unsaturated/α-hetero) is 1. The van der Waals surface area contributed by atoms with Crippen molar-refractivity contribution in [3.8, 4) is 6.07 Å². The van der Waals surface area contributed by atoms with Crippen LogP contribution >= 0.6 is 12.2 Å². The zero-order chi connectivity index (χ0) is 20.2. The van der Waals surface area contributed by atoms with Gasteiger partial charge >= 0.3 is 0 Å². The van der Waals surface area contributed by atoms with Crippen LogP contribution in [0.5, 0.6) is 0 Å². The minimum absolute atomic E-state index is 0.0388. The van der Waals surface area contributed by atoms with Crippen LogP contribution in [-0.4, -0.2) is 10.9 Å². The van der Waals surface area contributed by atoms with Gasteiger partial charge in [-0.25, -0.2) is 0 Å². The first-order valence-electron chi connectivity index (χ1n) is 9.43. The highest BCUT2D eigenvalue weighted by Crippen LogP contribution is 2.43. The zero-order valence-corrected chi connectivity index (χ0v) is 16.5. The Labute approximate surface area is 174 Å². The number of carbonyl (C=O) groups excluding carboxylic acids is 1. The van der Waals surface area contributed by atoms with Crippen molar-refractivity contribution in [1.82, 2.24) is 5.32 Å². The van der Waals surface area contributed by atoms with E-state index in [2.05, 4.69) is 16.7 Å². The van der Waals surface area contributed by atoms with Crippen molar-refractivity contribution in [3.05, 3.63) is 89.0 Å². The van der Waals surface area contributed by atoms with E-state index in [-0.39, 0.29) is 11.7 Å². The average Bonchev–Trinajstić information content (AvgIpc) is 2.74. The molecular formula is C23H19N3O2S. The number of hydrogen-bond donors (Lipinski definition) is 2. The number of thiocarbonyl (C=S) groups is 1. The molecule has 0 amide bonds. The molecular weight excluding hydrogens is 382 g/mol. The van der Waals surface area contributed by atoms with Gasteiger partial charge in [-0.2, -0.15) is 5.26 Å². The number of ether oxygens (including phenoxy) is 1. The largest absolute Gasteiger partial charge is 0.444 e. The smallest absolute Gasteiger partial charge is 0.213 e. The fraction of sp³-hybridized carbons (Fsp3) is 0.174. The van der Waals surface area contributed by atoms with Crippen molar-refractivity contribution in [1.29, 1.82) is 5.26 Å². The van der Waals surface area contributed by atoms with E-state index in [4.69, 9.17) is 17.0 Å². The first-order valence-corrected chi connectivity index (χ1v) is 9.84. The Kier molecular flexibility index (Phi) is 5.41. The first kappa shape index (κ1) is 18.9. The number of para-hydroxylation sites is 1. The van der Waals surface area contributed by atoms with Gasteiger partial charge in [-0.3, -0.25) is 4.79 Å². The summed E-state index contributed by atoms with van der Waals surface area (Å²) in [5.74, 6) is 0.485. The normalized spacial score (nSPS) is 18.4. The fourth-order valence-corrected chi connectivity index (χ4v) is 3.90. The van der Waals surface area contributed by atoms with Gasteiger partial charge in [0.1, 0.15) is 17.4 Å². The molecule has 2 aromatic carbocycles. The molecule has 0 saturated carbocycles. The molecule has 5 nitrogen and oxygen atoms in total. The van der Waals surface area contributed by atoms with Crippen LogP contribution in [0.3, 0.4) is 0 Å². The van der Waals surface area contributed by atoms with Crippen molar-refractivity contribution in [2.45, 2.75) is 25.2 Å². The average molecular weight is 401 g/mol. The maximum absolute atomic E-state index is 12.7. The van der Waals surface area contributed by atoms with Crippen LogP contribution in [0.15, 0.2) is 83.5 Å². The second kappa shape index (κ2) is 8.29. The first-order chi connectivity index (χ1) is 14.2. The van der Waals surface area contributed by atoms with Crippen LogP contribution in [0.2, 0.25) is 0 Å². The van der Waals surface area contributed by atoms with E-state index < -0.39 is 5.92 Å². The topological polar surface area (TPSA) is 74.2 Å². The number of nitrogens with one attached hydrogen (secondary N) is 2. The molecule has 2 aromatic rings. The molecule has 29 heavy (non-hydrogen) atoms. The van der Waals surface area contributed by atoms with E-state index in [1.807, 2.05) is 60.7 Å². The highest BCUT2D eigenvalue weighted by molar-refractivity contribution is 7.80. The lowest BCUT2D eigenvalue weighted by Gasteiger charge is -2.32. The number of rotatable bonds is 3. The van der Waals surface area contributed by atoms with Crippen molar-refractivity contribution < 1.29 is 9.53 Å². The van der Waals surface area contributed by atoms with Gasteiger partial charge in [-0.1, -0.05) is 48.5 Å². The number of ketones is 1. The molecule has 0 aromatic heterocycles. The van der Waals surface area contributed by atoms with Gasteiger partial charge in [0.05, 0.1) is 5.92 Å². The Balaban J connectivity index is 1.70. The van der Waals surface area contributed by atoms with E-state index in [0.29, 0.717) is 34.9 Å². The third-order valence-corrected chi connectivity index (χ3v) is 5.17. The van der Waals surface area contributed by atoms with Crippen molar-refractivity contribution in [2.75, 3.05) is 5.32 Å². The maximum Gasteiger partial charge on any atom is 0.213 e. The molecule has 6 heteroatoms. The van der Waals surface area contributed by atoms with Crippen molar-refractivity contribution in [2.24, 2.45) is 0 Å². The molecule has 0 radical (unpaired) electrons. The lowest BCUT2D eigenvalue weighted by Crippen LogP contribution is -2.34. The molecule has 0 spiro atoms. The number of benzene rings is 2. The SMILES string of the molecule is N#CC1=C(NC(=S)Nc2ccccc2)OC2=C(C(=O)CCC2)C1c1ccccc1. The minimum Gasteiger partial charge on any atom is -0.444 e. The van der Waals surface area contributed by atoms with E-state index in [9.17, 15) is 10.1 Å². The number of hydrogen-bond acceptors (Lipinski definition) is 4. The zero-order valence-electron chi connectivity index (χ0n) is 15.6. The molecule has 0 bridgehead atoms. The summed E-state index contributed by atoms with van der Waals surface area (Å²) in [6.45, 7) is 0. The van der Waals surface area contributed by atoms with Gasteiger partial charge < -0.3 is 15.4 Å². The molecule has 1 unspecified atom stereocenters.